The van der Waals surface area contributed by atoms with Crippen LogP contribution < -0.4 is 0 Å². The van der Waals surface area contributed by atoms with Crippen LogP contribution in [0, 0.1) is 0 Å². The molecule has 0 aromatic rings. The van der Waals surface area contributed by atoms with E-state index in [9.17, 15) is 4.79 Å². The summed E-state index contributed by atoms with van der Waals surface area (Å²) in [6.45, 7) is 3.49. The molecule has 0 aliphatic heterocycles. The molecule has 0 N–H and O–H groups in total. The Hall–Kier alpha value is -0.370. The van der Waals surface area contributed by atoms with Crippen molar-refractivity contribution in [2.24, 2.45) is 0 Å². The molecule has 0 bridgehead atoms. The van der Waals surface area contributed by atoms with Crippen LogP contribution in [0.5, 0.6) is 0 Å². The Kier molecular flexibility index (Phi) is 2.69. The van der Waals surface area contributed by atoms with Gasteiger partial charge in [-0.25, -0.2) is 0 Å². The van der Waals surface area contributed by atoms with Crippen LogP contribution in [0.1, 0.15) is 13.8 Å². The lowest BCUT2D eigenvalue weighted by molar-refractivity contribution is -0.120. The minimum atomic E-state index is 0.0648. The van der Waals surface area contributed by atoms with Crippen LogP contribution in [0.15, 0.2) is 0 Å². The molecular formula is C6H13NO. The van der Waals surface area contributed by atoms with Gasteiger partial charge in [0.05, 0.1) is 6.04 Å². The molecule has 0 amide bonds. The Bertz CT molecular complexity index is 88.5. The van der Waals surface area contributed by atoms with E-state index >= 15 is 0 Å². The van der Waals surface area contributed by atoms with Crippen molar-refractivity contribution in [1.82, 2.24) is 4.90 Å². The first kappa shape index (κ1) is 7.63. The van der Waals surface area contributed by atoms with Crippen molar-refractivity contribution in [2.75, 3.05) is 14.1 Å². The molecule has 0 spiro atoms. The van der Waals surface area contributed by atoms with Gasteiger partial charge in [-0.05, 0) is 27.9 Å². The minimum absolute atomic E-state index is 0.0648. The van der Waals surface area contributed by atoms with Gasteiger partial charge in [-0.3, -0.25) is 9.69 Å². The van der Waals surface area contributed by atoms with Gasteiger partial charge in [-0.1, -0.05) is 0 Å². The van der Waals surface area contributed by atoms with Crippen molar-refractivity contribution in [3.05, 3.63) is 0 Å². The molecule has 0 aliphatic rings. The second-order valence-electron chi connectivity index (χ2n) is 2.25. The summed E-state index contributed by atoms with van der Waals surface area (Å²) in [5.41, 5.74) is 0. The topological polar surface area (TPSA) is 20.3 Å². The van der Waals surface area contributed by atoms with Gasteiger partial charge in [0.25, 0.3) is 0 Å². The third kappa shape index (κ3) is 2.07. The van der Waals surface area contributed by atoms with Crippen molar-refractivity contribution >= 4 is 5.78 Å². The Morgan fingerprint density at radius 2 is 1.88 bits per heavy atom. The Morgan fingerprint density at radius 1 is 1.50 bits per heavy atom. The third-order valence-corrected chi connectivity index (χ3v) is 1.36. The largest absolute Gasteiger partial charge is 0.300 e. The zero-order valence-electron chi connectivity index (χ0n) is 5.93. The van der Waals surface area contributed by atoms with Gasteiger partial charge in [0, 0.05) is 0 Å². The maximum absolute atomic E-state index is 10.5. The summed E-state index contributed by atoms with van der Waals surface area (Å²) in [5, 5.41) is 0. The van der Waals surface area contributed by atoms with Crippen molar-refractivity contribution in [1.29, 1.82) is 0 Å². The van der Waals surface area contributed by atoms with E-state index in [1.807, 2.05) is 25.9 Å². The maximum atomic E-state index is 10.5. The smallest absolute Gasteiger partial charge is 0.146 e. The monoisotopic (exact) mass is 115 g/mol. The quantitative estimate of drug-likeness (QED) is 0.523. The van der Waals surface area contributed by atoms with Crippen molar-refractivity contribution < 1.29 is 4.79 Å². The fraction of sp³-hybridized carbons (Fsp3) is 0.833. The van der Waals surface area contributed by atoms with Crippen LogP contribution in [-0.4, -0.2) is 30.8 Å². The fourth-order valence-corrected chi connectivity index (χ4v) is 0.364. The molecule has 0 fully saturated rings. The number of nitrogens with zero attached hydrogens (tertiary/aromatic N) is 1. The maximum Gasteiger partial charge on any atom is 0.146 e. The standard InChI is InChI=1S/C6H13NO/c1-5(6(2)8)7(3)4/h5H,1-4H3/t5-/m0/s1. The second-order valence-corrected chi connectivity index (χ2v) is 2.25. The third-order valence-electron chi connectivity index (χ3n) is 1.36. The molecule has 0 rings (SSSR count). The summed E-state index contributed by atoms with van der Waals surface area (Å²) >= 11 is 0. The van der Waals surface area contributed by atoms with Gasteiger partial charge in [0.1, 0.15) is 5.78 Å². The van der Waals surface area contributed by atoms with Crippen molar-refractivity contribution in [2.45, 2.75) is 19.9 Å². The number of hydrogen-bond acceptors (Lipinski definition) is 2. The molecule has 0 radical (unpaired) electrons. The van der Waals surface area contributed by atoms with Crippen LogP contribution in [-0.2, 0) is 4.79 Å². The zero-order chi connectivity index (χ0) is 6.73. The van der Waals surface area contributed by atoms with E-state index in [1.54, 1.807) is 6.92 Å². The lowest BCUT2D eigenvalue weighted by atomic mass is 10.2. The van der Waals surface area contributed by atoms with Gasteiger partial charge >= 0.3 is 0 Å². The molecule has 0 unspecified atom stereocenters. The summed E-state index contributed by atoms with van der Waals surface area (Å²) in [7, 11) is 3.79. The first-order valence-electron chi connectivity index (χ1n) is 2.72. The second kappa shape index (κ2) is 2.82. The lowest BCUT2D eigenvalue weighted by Gasteiger charge is -2.15. The Labute approximate surface area is 50.5 Å². The van der Waals surface area contributed by atoms with E-state index in [1.165, 1.54) is 0 Å². The molecule has 0 aromatic heterocycles. The van der Waals surface area contributed by atoms with E-state index < -0.39 is 0 Å². The van der Waals surface area contributed by atoms with Gasteiger partial charge in [-0.15, -0.1) is 0 Å². The highest BCUT2D eigenvalue weighted by Crippen LogP contribution is 1.90. The van der Waals surface area contributed by atoms with Crippen LogP contribution >= 0.6 is 0 Å². The molecule has 0 heterocycles. The van der Waals surface area contributed by atoms with Gasteiger partial charge in [0.15, 0.2) is 0 Å². The average molecular weight is 115 g/mol. The summed E-state index contributed by atoms with van der Waals surface area (Å²) in [5.74, 6) is 0.218. The predicted molar refractivity (Wildman–Crippen MR) is 33.8 cm³/mol. The highest BCUT2D eigenvalue weighted by molar-refractivity contribution is 5.80. The van der Waals surface area contributed by atoms with E-state index in [0.717, 1.165) is 0 Å². The molecule has 0 saturated heterocycles. The number of Topliss-reactive ketones (excluding diaryl/α,β-unsaturated/α-hetero) is 1. The van der Waals surface area contributed by atoms with Gasteiger partial charge < -0.3 is 0 Å². The van der Waals surface area contributed by atoms with Gasteiger partial charge in [0.2, 0.25) is 0 Å². The highest BCUT2D eigenvalue weighted by Gasteiger charge is 2.07. The average Bonchev–Trinajstić information content (AvgIpc) is 1.64. The molecule has 0 aliphatic carbocycles. The van der Waals surface area contributed by atoms with Crippen molar-refractivity contribution in [3.63, 3.8) is 0 Å². The normalized spacial score (nSPS) is 14.1. The summed E-state index contributed by atoms with van der Waals surface area (Å²) in [6.07, 6.45) is 0. The number of carbonyl (C=O) groups is 1. The van der Waals surface area contributed by atoms with Gasteiger partial charge in [-0.2, -0.15) is 0 Å². The summed E-state index contributed by atoms with van der Waals surface area (Å²) < 4.78 is 0. The lowest BCUT2D eigenvalue weighted by Crippen LogP contribution is -2.30. The number of ketones is 1. The summed E-state index contributed by atoms with van der Waals surface area (Å²) in [6, 6.07) is 0.0648. The fourth-order valence-electron chi connectivity index (χ4n) is 0.364. The predicted octanol–water partition coefficient (Wildman–Crippen LogP) is 0.526. The number of rotatable bonds is 2. The summed E-state index contributed by atoms with van der Waals surface area (Å²) in [4.78, 5) is 12.4. The molecule has 48 valence electrons. The van der Waals surface area contributed by atoms with E-state index in [-0.39, 0.29) is 11.8 Å². The Balaban J connectivity index is 3.64. The van der Waals surface area contributed by atoms with E-state index in [2.05, 4.69) is 0 Å². The Morgan fingerprint density at radius 3 is 1.88 bits per heavy atom. The van der Waals surface area contributed by atoms with Crippen LogP contribution in [0.3, 0.4) is 0 Å². The molecular weight excluding hydrogens is 102 g/mol. The first-order valence-corrected chi connectivity index (χ1v) is 2.72. The van der Waals surface area contributed by atoms with Crippen LogP contribution in [0.4, 0.5) is 0 Å². The number of hydrogen-bond donors (Lipinski definition) is 0. The molecule has 0 saturated carbocycles. The molecule has 2 nitrogen and oxygen atoms in total. The first-order chi connectivity index (χ1) is 3.55. The zero-order valence-corrected chi connectivity index (χ0v) is 5.93. The van der Waals surface area contributed by atoms with Crippen molar-refractivity contribution in [3.8, 4) is 0 Å². The minimum Gasteiger partial charge on any atom is -0.300 e. The van der Waals surface area contributed by atoms with Crippen LogP contribution in [0.2, 0.25) is 0 Å². The molecule has 1 atom stereocenters. The molecule has 0 aromatic carbocycles. The number of likely N-dealkylation sites (N-methyl/N-ethyl adjacent to an activating group) is 1. The van der Waals surface area contributed by atoms with E-state index in [0.29, 0.717) is 0 Å². The molecule has 2 heteroatoms. The number of carbonyl (C=O) groups excluding carboxylic acids is 1. The molecule has 8 heavy (non-hydrogen) atoms. The SMILES string of the molecule is CC(=O)[C@H](C)N(C)C. The van der Waals surface area contributed by atoms with E-state index in [4.69, 9.17) is 0 Å². The van der Waals surface area contributed by atoms with Crippen LogP contribution in [0.25, 0.3) is 0 Å². The highest BCUT2D eigenvalue weighted by atomic mass is 16.1.